The van der Waals surface area contributed by atoms with Crippen molar-refractivity contribution in [2.45, 2.75) is 13.8 Å². The fourth-order valence-electron chi connectivity index (χ4n) is 2.31. The van der Waals surface area contributed by atoms with Crippen molar-refractivity contribution in [3.8, 4) is 5.88 Å². The minimum absolute atomic E-state index is 0.119. The minimum Gasteiger partial charge on any atom is -0.467 e. The maximum Gasteiger partial charge on any atom is 0.262 e. The molecule has 0 saturated carbocycles. The molecule has 1 aromatic heterocycles. The average molecular weight is 386 g/mol. The normalized spacial score (nSPS) is 10.6. The maximum atomic E-state index is 12.2. The monoisotopic (exact) mass is 385 g/mol. The Kier molecular flexibility index (Phi) is 4.76. The molecule has 0 spiro atoms. The van der Waals surface area contributed by atoms with Crippen LogP contribution in [0.2, 0.25) is 0 Å². The molecule has 1 N–H and O–H groups in total. The number of rotatable bonds is 4. The highest BCUT2D eigenvalue weighted by Gasteiger charge is 2.10. The predicted octanol–water partition coefficient (Wildman–Crippen LogP) is 4.03. The number of nitrogens with one attached hydrogen (secondary N) is 1. The number of ether oxygens (including phenoxy) is 1. The van der Waals surface area contributed by atoms with Gasteiger partial charge in [-0.05, 0) is 49.2 Å². The second kappa shape index (κ2) is 6.97. The Morgan fingerprint density at radius 2 is 2.00 bits per heavy atom. The van der Waals surface area contributed by atoms with Gasteiger partial charge in [-0.25, -0.2) is 9.97 Å². The van der Waals surface area contributed by atoms with Crippen LogP contribution in [-0.4, -0.2) is 22.5 Å². The van der Waals surface area contributed by atoms with E-state index >= 15 is 0 Å². The number of fused-ring (bicyclic) bond motifs is 1. The van der Waals surface area contributed by atoms with Gasteiger partial charge in [-0.2, -0.15) is 0 Å². The topological polar surface area (TPSA) is 64.1 Å². The summed E-state index contributed by atoms with van der Waals surface area (Å²) in [4.78, 5) is 20.5. The first-order chi connectivity index (χ1) is 11.5. The Balaban J connectivity index is 1.73. The maximum absolute atomic E-state index is 12.2. The first-order valence-corrected chi connectivity index (χ1v) is 8.22. The van der Waals surface area contributed by atoms with Crippen molar-refractivity contribution in [2.75, 3.05) is 11.9 Å². The van der Waals surface area contributed by atoms with Gasteiger partial charge in [-0.3, -0.25) is 4.79 Å². The Bertz CT molecular complexity index is 912. The molecule has 3 aromatic rings. The molecule has 0 fully saturated rings. The number of nitrogens with zero attached hydrogens (tertiary/aromatic N) is 2. The zero-order valence-corrected chi connectivity index (χ0v) is 14.9. The Labute approximate surface area is 148 Å². The number of carbonyl (C=O) groups is 1. The van der Waals surface area contributed by atoms with Crippen LogP contribution in [0.15, 0.2) is 47.2 Å². The lowest BCUT2D eigenvalue weighted by Crippen LogP contribution is -2.21. The van der Waals surface area contributed by atoms with E-state index in [0.717, 1.165) is 32.2 Å². The van der Waals surface area contributed by atoms with Crippen molar-refractivity contribution in [3.63, 3.8) is 0 Å². The highest BCUT2D eigenvalue weighted by Crippen LogP contribution is 2.25. The largest absolute Gasteiger partial charge is 0.467 e. The van der Waals surface area contributed by atoms with E-state index in [2.05, 4.69) is 31.2 Å². The van der Waals surface area contributed by atoms with Crippen LogP contribution in [0.25, 0.3) is 10.9 Å². The Hall–Kier alpha value is -2.47. The highest BCUT2D eigenvalue weighted by molar-refractivity contribution is 9.10. The zero-order chi connectivity index (χ0) is 17.1. The number of benzene rings is 2. The van der Waals surface area contributed by atoms with Gasteiger partial charge in [0.15, 0.2) is 6.61 Å². The van der Waals surface area contributed by atoms with Crippen molar-refractivity contribution < 1.29 is 9.53 Å². The second-order valence-electron chi connectivity index (χ2n) is 5.50. The molecule has 1 heterocycles. The van der Waals surface area contributed by atoms with E-state index in [1.54, 1.807) is 0 Å². The third-order valence-corrected chi connectivity index (χ3v) is 4.06. The van der Waals surface area contributed by atoms with Crippen molar-refractivity contribution >= 4 is 38.4 Å². The average Bonchev–Trinajstić information content (AvgIpc) is 2.56. The third kappa shape index (κ3) is 3.71. The van der Waals surface area contributed by atoms with Crippen LogP contribution >= 0.6 is 15.9 Å². The fourth-order valence-corrected chi connectivity index (χ4v) is 2.67. The van der Waals surface area contributed by atoms with Gasteiger partial charge in [0, 0.05) is 10.2 Å². The number of amides is 1. The molecular formula is C18H16BrN3O2. The molecule has 122 valence electrons. The number of aryl methyl sites for hydroxylation is 2. The molecule has 0 bridgehead atoms. The molecule has 0 radical (unpaired) electrons. The Morgan fingerprint density at radius 3 is 2.83 bits per heavy atom. The summed E-state index contributed by atoms with van der Waals surface area (Å²) in [5.74, 6) is 0.155. The molecule has 0 saturated heterocycles. The SMILES string of the molecule is Cc1ccc(C)c(NC(=O)COc2ncnc3ccc(Br)cc23)c1. The number of hydrogen-bond acceptors (Lipinski definition) is 4. The summed E-state index contributed by atoms with van der Waals surface area (Å²) in [6.45, 7) is 3.81. The van der Waals surface area contributed by atoms with Crippen LogP contribution in [-0.2, 0) is 4.79 Å². The summed E-state index contributed by atoms with van der Waals surface area (Å²) < 4.78 is 6.49. The van der Waals surface area contributed by atoms with Crippen LogP contribution in [0.5, 0.6) is 5.88 Å². The number of aromatic nitrogens is 2. The number of halogens is 1. The van der Waals surface area contributed by atoms with Gasteiger partial charge in [-0.15, -0.1) is 0 Å². The van der Waals surface area contributed by atoms with Gasteiger partial charge in [0.2, 0.25) is 5.88 Å². The molecule has 1 amide bonds. The fraction of sp³-hybridized carbons (Fsp3) is 0.167. The molecule has 24 heavy (non-hydrogen) atoms. The molecule has 0 aliphatic carbocycles. The van der Waals surface area contributed by atoms with Crippen molar-refractivity contribution in [2.24, 2.45) is 0 Å². The van der Waals surface area contributed by atoms with Crippen molar-refractivity contribution in [1.82, 2.24) is 9.97 Å². The molecule has 2 aromatic carbocycles. The van der Waals surface area contributed by atoms with E-state index in [9.17, 15) is 4.79 Å². The molecule has 0 aliphatic heterocycles. The Morgan fingerprint density at radius 1 is 1.17 bits per heavy atom. The van der Waals surface area contributed by atoms with Gasteiger partial charge in [0.05, 0.1) is 10.9 Å². The second-order valence-corrected chi connectivity index (χ2v) is 6.41. The van der Waals surface area contributed by atoms with E-state index in [1.165, 1.54) is 6.33 Å². The van der Waals surface area contributed by atoms with Crippen LogP contribution in [0.3, 0.4) is 0 Å². The van der Waals surface area contributed by atoms with Crippen LogP contribution in [0, 0.1) is 13.8 Å². The molecule has 6 heteroatoms. The minimum atomic E-state index is -0.231. The summed E-state index contributed by atoms with van der Waals surface area (Å²) in [6.07, 6.45) is 1.42. The lowest BCUT2D eigenvalue weighted by atomic mass is 10.1. The number of carbonyl (C=O) groups excluding carboxylic acids is 1. The first kappa shape index (κ1) is 16.4. The third-order valence-electron chi connectivity index (χ3n) is 3.57. The summed E-state index contributed by atoms with van der Waals surface area (Å²) in [5.41, 5.74) is 3.64. The smallest absolute Gasteiger partial charge is 0.262 e. The summed E-state index contributed by atoms with van der Waals surface area (Å²) in [7, 11) is 0. The standard InChI is InChI=1S/C18H16BrN3O2/c1-11-3-4-12(2)16(7-11)22-17(23)9-24-18-14-8-13(19)5-6-15(14)20-10-21-18/h3-8,10H,9H2,1-2H3,(H,22,23). The van der Waals surface area contributed by atoms with E-state index in [0.29, 0.717) is 5.88 Å². The van der Waals surface area contributed by atoms with Crippen molar-refractivity contribution in [1.29, 1.82) is 0 Å². The highest BCUT2D eigenvalue weighted by atomic mass is 79.9. The lowest BCUT2D eigenvalue weighted by molar-refractivity contribution is -0.118. The van der Waals surface area contributed by atoms with E-state index in [1.807, 2.05) is 50.2 Å². The van der Waals surface area contributed by atoms with Crippen LogP contribution < -0.4 is 10.1 Å². The summed E-state index contributed by atoms with van der Waals surface area (Å²) in [5, 5.41) is 3.62. The first-order valence-electron chi connectivity index (χ1n) is 7.43. The molecule has 0 aliphatic rings. The number of anilines is 1. The van der Waals surface area contributed by atoms with Crippen LogP contribution in [0.4, 0.5) is 5.69 Å². The quantitative estimate of drug-likeness (QED) is 0.736. The van der Waals surface area contributed by atoms with Gasteiger partial charge >= 0.3 is 0 Å². The molecule has 5 nitrogen and oxygen atoms in total. The van der Waals surface area contributed by atoms with Gasteiger partial charge < -0.3 is 10.1 Å². The number of hydrogen-bond donors (Lipinski definition) is 1. The molecular weight excluding hydrogens is 370 g/mol. The van der Waals surface area contributed by atoms with Gasteiger partial charge in [0.1, 0.15) is 6.33 Å². The molecule has 0 unspecified atom stereocenters. The summed E-state index contributed by atoms with van der Waals surface area (Å²) in [6, 6.07) is 11.5. The van der Waals surface area contributed by atoms with E-state index in [-0.39, 0.29) is 12.5 Å². The molecule has 3 rings (SSSR count). The van der Waals surface area contributed by atoms with Gasteiger partial charge in [-0.1, -0.05) is 28.1 Å². The molecule has 0 atom stereocenters. The summed E-state index contributed by atoms with van der Waals surface area (Å²) >= 11 is 3.42. The van der Waals surface area contributed by atoms with E-state index < -0.39 is 0 Å². The van der Waals surface area contributed by atoms with Crippen LogP contribution in [0.1, 0.15) is 11.1 Å². The van der Waals surface area contributed by atoms with Gasteiger partial charge in [0.25, 0.3) is 5.91 Å². The zero-order valence-electron chi connectivity index (χ0n) is 13.3. The predicted molar refractivity (Wildman–Crippen MR) is 97.3 cm³/mol. The lowest BCUT2D eigenvalue weighted by Gasteiger charge is -2.11. The van der Waals surface area contributed by atoms with E-state index in [4.69, 9.17) is 4.74 Å². The van der Waals surface area contributed by atoms with Crippen molar-refractivity contribution in [3.05, 3.63) is 58.3 Å².